The molecular weight excluding hydrogens is 663 g/mol. The van der Waals surface area contributed by atoms with E-state index >= 15 is 0 Å². The van der Waals surface area contributed by atoms with Crippen LogP contribution in [0.3, 0.4) is 0 Å². The predicted octanol–water partition coefficient (Wildman–Crippen LogP) is 5.20. The fraction of sp³-hybridized carbons (Fsp3) is 0.276. The van der Waals surface area contributed by atoms with Crippen molar-refractivity contribution in [2.75, 3.05) is 19.0 Å². The van der Waals surface area contributed by atoms with Crippen molar-refractivity contribution < 1.29 is 35.4 Å². The van der Waals surface area contributed by atoms with Gasteiger partial charge in [0.25, 0.3) is 0 Å². The Bertz CT molecular complexity index is 1520. The Labute approximate surface area is 245 Å². The van der Waals surface area contributed by atoms with E-state index in [-0.39, 0.29) is 36.1 Å². The molecule has 2 aromatic rings. The minimum Gasteiger partial charge on any atom is -1.00 e. The van der Waals surface area contributed by atoms with E-state index in [1.54, 1.807) is 12.2 Å². The van der Waals surface area contributed by atoms with Gasteiger partial charge in [-0.05, 0) is 55.8 Å². The van der Waals surface area contributed by atoms with Crippen molar-refractivity contribution in [3.63, 3.8) is 0 Å². The summed E-state index contributed by atoms with van der Waals surface area (Å²) in [4.78, 5) is 2.00. The van der Waals surface area contributed by atoms with Crippen LogP contribution in [0.15, 0.2) is 93.5 Å². The molecule has 0 bridgehead atoms. The number of rotatable bonds is 4. The summed E-state index contributed by atoms with van der Waals surface area (Å²) in [6.45, 7) is 8.26. The van der Waals surface area contributed by atoms with Gasteiger partial charge < -0.3 is 28.9 Å². The molecule has 0 unspecified atom stereocenters. The first-order chi connectivity index (χ1) is 17.6. The lowest BCUT2D eigenvalue weighted by Gasteiger charge is -2.23. The highest BCUT2D eigenvalue weighted by atomic mass is 127. The Morgan fingerprint density at radius 2 is 1.44 bits per heavy atom. The second kappa shape index (κ2) is 10.3. The molecule has 2 aromatic carbocycles. The maximum absolute atomic E-state index is 8.59. The van der Waals surface area contributed by atoms with E-state index in [1.165, 1.54) is 0 Å². The Kier molecular flexibility index (Phi) is 6.26. The van der Waals surface area contributed by atoms with Gasteiger partial charge in [0.1, 0.15) is 7.05 Å². The van der Waals surface area contributed by atoms with Gasteiger partial charge in [-0.15, -0.1) is 0 Å². The van der Waals surface area contributed by atoms with Crippen molar-refractivity contribution in [3.05, 3.63) is 105 Å². The third-order valence-electron chi connectivity index (χ3n) is 6.68. The maximum atomic E-state index is 8.59. The molecule has 2 heterocycles. The SMILES string of the molecule is [2H]C(=CC1=[N+](C)c2ccc(Br)cc2C1(C)C)C([2H])=C([2H])C([2H])=C([2H])C=C1N(C)c2ccc(Br)cc2C1(C)C.[I-]. The van der Waals surface area contributed by atoms with Gasteiger partial charge in [0.2, 0.25) is 5.69 Å². The summed E-state index contributed by atoms with van der Waals surface area (Å²) >= 11 is 7.07. The van der Waals surface area contributed by atoms with Gasteiger partial charge in [-0.2, -0.15) is 4.58 Å². The zero-order chi connectivity index (χ0) is 28.3. The standard InChI is InChI=1S/C29H31Br2N2.HI/c1-28(2)22-18-20(30)14-16-24(22)32(5)26(28)12-10-8-7-9-11-13-27-29(3,4)23-19-21(31)15-17-25(23)33(27)6;/h7-19H,1-6H3;1H/q+1;/p-1/i7D,8D,9D,10D,11D;. The summed E-state index contributed by atoms with van der Waals surface area (Å²) in [6, 6.07) is 10.5. The lowest BCUT2D eigenvalue weighted by atomic mass is 9.81. The van der Waals surface area contributed by atoms with Crippen LogP contribution in [0.2, 0.25) is 0 Å². The highest BCUT2D eigenvalue weighted by molar-refractivity contribution is 9.10. The van der Waals surface area contributed by atoms with E-state index in [0.29, 0.717) is 0 Å². The topological polar surface area (TPSA) is 6.25 Å². The zero-order valence-corrected chi connectivity index (χ0v) is 25.5. The molecule has 178 valence electrons. The number of hydrogen-bond donors (Lipinski definition) is 0. The van der Waals surface area contributed by atoms with Crippen molar-refractivity contribution in [3.8, 4) is 0 Å². The molecule has 2 nitrogen and oxygen atoms in total. The van der Waals surface area contributed by atoms with Crippen LogP contribution >= 0.6 is 31.9 Å². The van der Waals surface area contributed by atoms with Crippen molar-refractivity contribution in [2.45, 2.75) is 38.5 Å². The second-order valence-electron chi connectivity index (χ2n) is 9.41. The van der Waals surface area contributed by atoms with E-state index in [9.17, 15) is 0 Å². The number of fused-ring (bicyclic) bond motifs is 2. The molecule has 0 saturated carbocycles. The Hall–Kier alpha value is -1.44. The van der Waals surface area contributed by atoms with E-state index in [1.807, 2.05) is 47.8 Å². The first-order valence-electron chi connectivity index (χ1n) is 13.3. The zero-order valence-electron chi connectivity index (χ0n) is 25.1. The normalized spacial score (nSPS) is 23.1. The van der Waals surface area contributed by atoms with Crippen LogP contribution < -0.4 is 28.9 Å². The summed E-state index contributed by atoms with van der Waals surface area (Å²) in [5, 5.41) is 0. The molecular formula is C29H31Br2IN2. The summed E-state index contributed by atoms with van der Waals surface area (Å²) in [5.41, 5.74) is 5.10. The predicted molar refractivity (Wildman–Crippen MR) is 149 cm³/mol. The Morgan fingerprint density at radius 1 is 0.853 bits per heavy atom. The van der Waals surface area contributed by atoms with Crippen LogP contribution in [0, 0.1) is 0 Å². The number of halogens is 3. The van der Waals surface area contributed by atoms with E-state index < -0.39 is 29.0 Å². The maximum Gasteiger partial charge on any atom is 0.209 e. The monoisotopic (exact) mass is 697 g/mol. The summed E-state index contributed by atoms with van der Waals surface area (Å²) in [7, 11) is 3.85. The quantitative estimate of drug-likeness (QED) is 0.242. The third kappa shape index (κ3) is 4.80. The summed E-state index contributed by atoms with van der Waals surface area (Å²) in [5.74, 6) is 0. The van der Waals surface area contributed by atoms with Crippen molar-refractivity contribution in [2.24, 2.45) is 0 Å². The molecule has 0 saturated heterocycles. The van der Waals surface area contributed by atoms with Gasteiger partial charge in [0.15, 0.2) is 5.71 Å². The lowest BCUT2D eigenvalue weighted by molar-refractivity contribution is -0.401. The third-order valence-corrected chi connectivity index (χ3v) is 7.66. The number of hydrogen-bond acceptors (Lipinski definition) is 1. The average molecular weight is 699 g/mol. The van der Waals surface area contributed by atoms with Crippen LogP contribution in [0.5, 0.6) is 0 Å². The van der Waals surface area contributed by atoms with Crippen molar-refractivity contribution >= 4 is 48.9 Å². The van der Waals surface area contributed by atoms with Crippen LogP contribution in [0.25, 0.3) is 0 Å². The van der Waals surface area contributed by atoms with Crippen molar-refractivity contribution in [1.29, 1.82) is 0 Å². The molecule has 0 amide bonds. The Morgan fingerprint density at radius 3 is 2.15 bits per heavy atom. The fourth-order valence-corrected chi connectivity index (χ4v) is 5.57. The van der Waals surface area contributed by atoms with Gasteiger partial charge in [-0.25, -0.2) is 0 Å². The number of likely N-dealkylation sites (N-methyl/N-ethyl adjacent to an activating group) is 1. The number of nitrogens with zero attached hydrogens (tertiary/aromatic N) is 2. The van der Waals surface area contributed by atoms with E-state index in [2.05, 4.69) is 71.7 Å². The van der Waals surface area contributed by atoms with Crippen molar-refractivity contribution in [1.82, 2.24) is 0 Å². The first-order valence-corrected chi connectivity index (χ1v) is 12.4. The molecule has 2 aliphatic heterocycles. The molecule has 0 fully saturated rings. The van der Waals surface area contributed by atoms with E-state index in [0.717, 1.165) is 42.9 Å². The number of allylic oxidation sites excluding steroid dienone is 8. The summed E-state index contributed by atoms with van der Waals surface area (Å²) in [6.07, 6.45) is 3.20. The molecule has 2 aliphatic rings. The minimum absolute atomic E-state index is 0. The van der Waals surface area contributed by atoms with Gasteiger partial charge in [0, 0.05) is 50.5 Å². The van der Waals surface area contributed by atoms with E-state index in [4.69, 9.17) is 6.85 Å². The highest BCUT2D eigenvalue weighted by Gasteiger charge is 2.42. The van der Waals surface area contributed by atoms with Gasteiger partial charge in [0.05, 0.1) is 12.3 Å². The van der Waals surface area contributed by atoms with Crippen LogP contribution in [0.4, 0.5) is 11.4 Å². The molecule has 0 radical (unpaired) electrons. The molecule has 0 spiro atoms. The van der Waals surface area contributed by atoms with Gasteiger partial charge >= 0.3 is 0 Å². The molecule has 4 rings (SSSR count). The molecule has 5 heteroatoms. The number of benzene rings is 2. The average Bonchev–Trinajstić information content (AvgIpc) is 3.16. The van der Waals surface area contributed by atoms with Gasteiger partial charge in [-0.3, -0.25) is 0 Å². The fourth-order valence-electron chi connectivity index (χ4n) is 4.84. The smallest absolute Gasteiger partial charge is 0.209 e. The molecule has 0 aromatic heterocycles. The highest BCUT2D eigenvalue weighted by Crippen LogP contribution is 2.47. The molecule has 34 heavy (non-hydrogen) atoms. The largest absolute Gasteiger partial charge is 1.00 e. The molecule has 0 N–H and O–H groups in total. The van der Waals surface area contributed by atoms with Crippen LogP contribution in [-0.2, 0) is 10.8 Å². The molecule has 0 atom stereocenters. The second-order valence-corrected chi connectivity index (χ2v) is 11.2. The number of anilines is 1. The Balaban J connectivity index is 0.00000420. The van der Waals surface area contributed by atoms with Gasteiger partial charge in [-0.1, -0.05) is 76.0 Å². The first kappa shape index (κ1) is 20.7. The minimum atomic E-state index is -0.453. The molecule has 0 aliphatic carbocycles. The lowest BCUT2D eigenvalue weighted by Crippen LogP contribution is -3.00. The van der Waals surface area contributed by atoms with Crippen LogP contribution in [0.1, 0.15) is 45.7 Å². The van der Waals surface area contributed by atoms with Crippen LogP contribution in [-0.4, -0.2) is 24.4 Å². The summed E-state index contributed by atoms with van der Waals surface area (Å²) < 4.78 is 46.7.